The second-order valence-corrected chi connectivity index (χ2v) is 6.47. The van der Waals surface area contributed by atoms with Gasteiger partial charge < -0.3 is 26.0 Å². The zero-order valence-corrected chi connectivity index (χ0v) is 17.0. The predicted octanol–water partition coefficient (Wildman–Crippen LogP) is 1.66. The molecule has 0 aliphatic heterocycles. The lowest BCUT2D eigenvalue weighted by atomic mass is 10.1. The molecule has 0 atom stereocenters. The molecule has 0 heterocycles. The second-order valence-electron chi connectivity index (χ2n) is 6.47. The molecule has 0 fully saturated rings. The Hall–Kier alpha value is -3.88. The monoisotopic (exact) mass is 412 g/mol. The number of carbonyl (C=O) groups is 4. The number of ether oxygens (including phenoxy) is 1. The van der Waals surface area contributed by atoms with Crippen LogP contribution >= 0.6 is 0 Å². The fourth-order valence-electron chi connectivity index (χ4n) is 2.58. The van der Waals surface area contributed by atoms with Gasteiger partial charge >= 0.3 is 0 Å². The van der Waals surface area contributed by atoms with E-state index in [1.807, 2.05) is 12.1 Å². The lowest BCUT2D eigenvalue weighted by Gasteiger charge is -2.11. The van der Waals surface area contributed by atoms with Crippen LogP contribution in [-0.2, 0) is 20.9 Å². The highest BCUT2D eigenvalue weighted by molar-refractivity contribution is 6.01. The fraction of sp³-hybridized carbons (Fsp3) is 0.238. The summed E-state index contributed by atoms with van der Waals surface area (Å²) in [7, 11) is 1.57. The van der Waals surface area contributed by atoms with E-state index in [0.29, 0.717) is 17.9 Å². The lowest BCUT2D eigenvalue weighted by molar-refractivity contribution is -0.120. The topological polar surface area (TPSA) is 126 Å². The van der Waals surface area contributed by atoms with Crippen LogP contribution in [0.1, 0.15) is 29.8 Å². The van der Waals surface area contributed by atoms with Gasteiger partial charge in [-0.05, 0) is 35.9 Å². The van der Waals surface area contributed by atoms with Crippen LogP contribution in [0.2, 0.25) is 0 Å². The molecule has 0 radical (unpaired) electrons. The van der Waals surface area contributed by atoms with E-state index in [4.69, 9.17) is 4.74 Å². The normalized spacial score (nSPS) is 9.97. The van der Waals surface area contributed by atoms with Crippen LogP contribution in [0.15, 0.2) is 42.5 Å². The molecule has 2 aromatic rings. The van der Waals surface area contributed by atoms with Gasteiger partial charge in [-0.3, -0.25) is 19.2 Å². The van der Waals surface area contributed by atoms with Gasteiger partial charge in [-0.25, -0.2) is 0 Å². The van der Waals surface area contributed by atoms with Gasteiger partial charge in [-0.15, -0.1) is 0 Å². The molecule has 0 saturated carbocycles. The van der Waals surface area contributed by atoms with E-state index in [0.717, 1.165) is 11.3 Å². The van der Waals surface area contributed by atoms with Crippen LogP contribution in [0.25, 0.3) is 0 Å². The van der Waals surface area contributed by atoms with E-state index >= 15 is 0 Å². The van der Waals surface area contributed by atoms with Crippen molar-refractivity contribution in [1.29, 1.82) is 0 Å². The van der Waals surface area contributed by atoms with E-state index < -0.39 is 5.91 Å². The van der Waals surface area contributed by atoms with E-state index in [1.54, 1.807) is 19.2 Å². The number of hydrogen-bond acceptors (Lipinski definition) is 5. The summed E-state index contributed by atoms with van der Waals surface area (Å²) in [6.45, 7) is 2.74. The number of hydrogen-bond donors (Lipinski definition) is 4. The average Bonchev–Trinajstić information content (AvgIpc) is 2.69. The third kappa shape index (κ3) is 7.27. The number of nitrogens with one attached hydrogen (secondary N) is 4. The molecular formula is C21H24N4O5. The quantitative estimate of drug-likeness (QED) is 0.525. The van der Waals surface area contributed by atoms with Crippen molar-refractivity contribution in [2.75, 3.05) is 24.3 Å². The van der Waals surface area contributed by atoms with E-state index in [-0.39, 0.29) is 29.8 Å². The van der Waals surface area contributed by atoms with Crippen molar-refractivity contribution < 1.29 is 23.9 Å². The number of anilines is 2. The molecule has 0 bridgehead atoms. The molecule has 0 aliphatic rings. The van der Waals surface area contributed by atoms with E-state index in [1.165, 1.54) is 32.0 Å². The van der Waals surface area contributed by atoms with Crippen LogP contribution < -0.4 is 26.0 Å². The Kier molecular flexibility index (Phi) is 7.92. The summed E-state index contributed by atoms with van der Waals surface area (Å²) >= 11 is 0. The molecule has 0 aliphatic carbocycles. The maximum Gasteiger partial charge on any atom is 0.251 e. The van der Waals surface area contributed by atoms with Crippen molar-refractivity contribution in [3.05, 3.63) is 53.6 Å². The summed E-state index contributed by atoms with van der Waals surface area (Å²) < 4.78 is 5.08. The molecular weight excluding hydrogens is 388 g/mol. The number of rotatable bonds is 8. The van der Waals surface area contributed by atoms with E-state index in [2.05, 4.69) is 21.3 Å². The summed E-state index contributed by atoms with van der Waals surface area (Å²) in [6.07, 6.45) is 0. The van der Waals surface area contributed by atoms with E-state index in [9.17, 15) is 19.2 Å². The van der Waals surface area contributed by atoms with Crippen molar-refractivity contribution >= 4 is 35.0 Å². The first kappa shape index (κ1) is 22.4. The zero-order valence-electron chi connectivity index (χ0n) is 17.0. The molecule has 0 spiro atoms. The SMILES string of the molecule is COc1ccc(CNC(=O)CNC(=O)c2cc(NC(C)=O)cc(NC(C)=O)c2)cc1. The highest BCUT2D eigenvalue weighted by Crippen LogP contribution is 2.19. The maximum atomic E-state index is 12.4. The molecule has 4 N–H and O–H groups in total. The molecule has 9 heteroatoms. The van der Waals surface area contributed by atoms with Gasteiger partial charge in [0.15, 0.2) is 0 Å². The summed E-state index contributed by atoms with van der Waals surface area (Å²) in [6, 6.07) is 11.7. The zero-order chi connectivity index (χ0) is 22.1. The third-order valence-electron chi connectivity index (χ3n) is 3.89. The third-order valence-corrected chi connectivity index (χ3v) is 3.89. The van der Waals surface area contributed by atoms with Crippen LogP contribution in [0.3, 0.4) is 0 Å². The maximum absolute atomic E-state index is 12.4. The average molecular weight is 412 g/mol. The Balaban J connectivity index is 1.95. The first-order chi connectivity index (χ1) is 14.3. The second kappa shape index (κ2) is 10.6. The number of carbonyl (C=O) groups excluding carboxylic acids is 4. The van der Waals surface area contributed by atoms with Gasteiger partial charge in [-0.1, -0.05) is 12.1 Å². The van der Waals surface area contributed by atoms with Crippen LogP contribution in [0.4, 0.5) is 11.4 Å². The number of benzene rings is 2. The summed E-state index contributed by atoms with van der Waals surface area (Å²) in [5, 5.41) is 10.4. The Morgan fingerprint density at radius 2 is 1.40 bits per heavy atom. The van der Waals surface area contributed by atoms with Crippen LogP contribution in [-0.4, -0.2) is 37.3 Å². The van der Waals surface area contributed by atoms with Crippen molar-refractivity contribution in [3.63, 3.8) is 0 Å². The minimum Gasteiger partial charge on any atom is -0.497 e. The van der Waals surface area contributed by atoms with Crippen LogP contribution in [0.5, 0.6) is 5.75 Å². The Labute approximate surface area is 174 Å². The van der Waals surface area contributed by atoms with Gasteiger partial charge in [-0.2, -0.15) is 0 Å². The molecule has 2 aromatic carbocycles. The summed E-state index contributed by atoms with van der Waals surface area (Å²) in [5.41, 5.74) is 1.78. The highest BCUT2D eigenvalue weighted by Gasteiger charge is 2.12. The first-order valence-corrected chi connectivity index (χ1v) is 9.15. The summed E-state index contributed by atoms with van der Waals surface area (Å²) in [5.74, 6) is -0.802. The molecule has 2 rings (SSSR count). The van der Waals surface area contributed by atoms with Crippen LogP contribution in [0, 0.1) is 0 Å². The smallest absolute Gasteiger partial charge is 0.251 e. The molecule has 0 aromatic heterocycles. The predicted molar refractivity (Wildman–Crippen MR) is 112 cm³/mol. The fourth-order valence-corrected chi connectivity index (χ4v) is 2.58. The van der Waals surface area contributed by atoms with Gasteiger partial charge in [0.1, 0.15) is 5.75 Å². The van der Waals surface area contributed by atoms with Crippen molar-refractivity contribution in [2.45, 2.75) is 20.4 Å². The number of methoxy groups -OCH3 is 1. The standard InChI is InChI=1S/C21H24N4O5/c1-13(26)24-17-8-16(9-18(10-17)25-14(2)27)21(29)23-12-20(28)22-11-15-4-6-19(30-3)7-5-15/h4-10H,11-12H2,1-3H3,(H,22,28)(H,23,29)(H,24,26)(H,25,27). The minimum atomic E-state index is -0.520. The molecule has 158 valence electrons. The Bertz CT molecular complexity index is 907. The first-order valence-electron chi connectivity index (χ1n) is 9.15. The van der Waals surface area contributed by atoms with Crippen molar-refractivity contribution in [1.82, 2.24) is 10.6 Å². The van der Waals surface area contributed by atoms with Gasteiger partial charge in [0.05, 0.1) is 13.7 Å². The largest absolute Gasteiger partial charge is 0.497 e. The Morgan fingerprint density at radius 3 is 1.90 bits per heavy atom. The van der Waals surface area contributed by atoms with Crippen molar-refractivity contribution in [3.8, 4) is 5.75 Å². The van der Waals surface area contributed by atoms with Gasteiger partial charge in [0.25, 0.3) is 5.91 Å². The Morgan fingerprint density at radius 1 is 0.833 bits per heavy atom. The minimum absolute atomic E-state index is 0.188. The summed E-state index contributed by atoms with van der Waals surface area (Å²) in [4.78, 5) is 47.1. The van der Waals surface area contributed by atoms with Crippen molar-refractivity contribution in [2.24, 2.45) is 0 Å². The molecule has 0 saturated heterocycles. The highest BCUT2D eigenvalue weighted by atomic mass is 16.5. The number of amides is 4. The molecule has 4 amide bonds. The molecule has 9 nitrogen and oxygen atoms in total. The van der Waals surface area contributed by atoms with Gasteiger partial charge in [0.2, 0.25) is 17.7 Å². The molecule has 0 unspecified atom stereocenters. The molecule has 30 heavy (non-hydrogen) atoms. The van der Waals surface area contributed by atoms with Gasteiger partial charge in [0, 0.05) is 37.3 Å². The lowest BCUT2D eigenvalue weighted by Crippen LogP contribution is -2.36.